The van der Waals surface area contributed by atoms with E-state index in [0.717, 1.165) is 19.3 Å². The van der Waals surface area contributed by atoms with Crippen LogP contribution in [0.15, 0.2) is 78.9 Å². The topological polar surface area (TPSA) is 93.6 Å². The predicted molar refractivity (Wildman–Crippen MR) is 148 cm³/mol. The second-order valence-electron chi connectivity index (χ2n) is 11.0. The third kappa shape index (κ3) is 4.22. The molecule has 2 saturated carbocycles. The number of hydrogen-bond donors (Lipinski definition) is 0. The zero-order valence-electron chi connectivity index (χ0n) is 22.0. The Morgan fingerprint density at radius 2 is 1.54 bits per heavy atom. The van der Waals surface area contributed by atoms with Crippen molar-refractivity contribution in [3.8, 4) is 11.3 Å². The summed E-state index contributed by atoms with van der Waals surface area (Å²) in [6.45, 7) is -0.493. The summed E-state index contributed by atoms with van der Waals surface area (Å²) in [4.78, 5) is 58.1. The lowest BCUT2D eigenvalue weighted by molar-refractivity contribution is -0.123. The van der Waals surface area contributed by atoms with Gasteiger partial charge in [-0.3, -0.25) is 19.3 Å². The number of para-hydroxylation sites is 1. The zero-order valence-corrected chi connectivity index (χ0v) is 22.0. The van der Waals surface area contributed by atoms with Crippen LogP contribution in [0.1, 0.15) is 40.0 Å². The molecule has 3 aromatic carbocycles. The minimum Gasteiger partial charge on any atom is -0.454 e. The Morgan fingerprint density at radius 3 is 2.22 bits per heavy atom. The van der Waals surface area contributed by atoms with Crippen LogP contribution in [0.2, 0.25) is 0 Å². The summed E-state index contributed by atoms with van der Waals surface area (Å²) in [5, 5.41) is 0.571. The number of esters is 1. The van der Waals surface area contributed by atoms with Gasteiger partial charge in [-0.05, 0) is 79.6 Å². The number of aromatic nitrogens is 1. The number of ether oxygens (including phenoxy) is 1. The van der Waals surface area contributed by atoms with Crippen molar-refractivity contribution < 1.29 is 28.3 Å². The monoisotopic (exact) mass is 548 g/mol. The Morgan fingerprint density at radius 1 is 0.878 bits per heavy atom. The highest BCUT2D eigenvalue weighted by Gasteiger charge is 2.61. The number of pyridine rings is 1. The first-order valence-electron chi connectivity index (χ1n) is 13.7. The number of fused-ring (bicyclic) bond motifs is 6. The standard InChI is InChI=1S/C33H25FN2O5/c34-22-11-7-19(8-12-22)28(37)17-41-33(40)25-16-27(35-26-4-2-1-3-24(25)26)18-9-13-23(14-10-18)36-31(38)29-20-5-6-21(15-20)30(29)32(36)39/h1-4,7-14,16,20-21,29-30H,5-6,15,17H2/t20-,21-,29-,30+/m0/s1. The maximum absolute atomic E-state index is 13.2. The third-order valence-electron chi connectivity index (χ3n) is 8.79. The molecular weight excluding hydrogens is 523 g/mol. The van der Waals surface area contributed by atoms with E-state index in [9.17, 15) is 23.6 Å². The second-order valence-corrected chi connectivity index (χ2v) is 11.0. The molecular formula is C33H25FN2O5. The van der Waals surface area contributed by atoms with Crippen LogP contribution in [-0.4, -0.2) is 35.2 Å². The van der Waals surface area contributed by atoms with Crippen LogP contribution < -0.4 is 4.90 Å². The smallest absolute Gasteiger partial charge is 0.339 e. The molecule has 1 aromatic heterocycles. The summed E-state index contributed by atoms with van der Waals surface area (Å²) >= 11 is 0. The van der Waals surface area contributed by atoms with E-state index in [1.807, 2.05) is 6.07 Å². The van der Waals surface area contributed by atoms with Crippen molar-refractivity contribution in [1.29, 1.82) is 0 Å². The van der Waals surface area contributed by atoms with Crippen molar-refractivity contribution in [1.82, 2.24) is 4.98 Å². The Hall–Kier alpha value is -4.72. The average Bonchev–Trinajstić information content (AvgIpc) is 3.69. The van der Waals surface area contributed by atoms with E-state index in [4.69, 9.17) is 9.72 Å². The second kappa shape index (κ2) is 9.73. The van der Waals surface area contributed by atoms with Gasteiger partial charge >= 0.3 is 5.97 Å². The fourth-order valence-electron chi connectivity index (χ4n) is 6.86. The van der Waals surface area contributed by atoms with Gasteiger partial charge in [-0.1, -0.05) is 30.3 Å². The molecule has 2 heterocycles. The first-order valence-corrected chi connectivity index (χ1v) is 13.7. The summed E-state index contributed by atoms with van der Waals surface area (Å²) in [5.41, 5.74) is 2.79. The number of ketones is 1. The van der Waals surface area contributed by atoms with Crippen molar-refractivity contribution in [2.75, 3.05) is 11.5 Å². The molecule has 7 nitrogen and oxygen atoms in total. The summed E-state index contributed by atoms with van der Waals surface area (Å²) in [7, 11) is 0. The van der Waals surface area contributed by atoms with E-state index in [0.29, 0.717) is 39.7 Å². The van der Waals surface area contributed by atoms with Gasteiger partial charge in [0.05, 0.1) is 34.3 Å². The molecule has 2 bridgehead atoms. The Bertz CT molecular complexity index is 1710. The Labute approximate surface area is 234 Å². The lowest BCUT2D eigenvalue weighted by Crippen LogP contribution is -2.32. The maximum atomic E-state index is 13.2. The van der Waals surface area contributed by atoms with E-state index in [-0.39, 0.29) is 34.8 Å². The van der Waals surface area contributed by atoms with Gasteiger partial charge in [-0.25, -0.2) is 14.2 Å². The van der Waals surface area contributed by atoms with Crippen molar-refractivity contribution in [3.63, 3.8) is 0 Å². The van der Waals surface area contributed by atoms with E-state index in [2.05, 4.69) is 0 Å². The average molecular weight is 549 g/mol. The molecule has 1 aliphatic heterocycles. The number of hydrogen-bond acceptors (Lipinski definition) is 6. The van der Waals surface area contributed by atoms with Crippen molar-refractivity contribution in [2.24, 2.45) is 23.7 Å². The molecule has 7 rings (SSSR count). The normalized spacial score (nSPS) is 22.8. The fraction of sp³-hybridized carbons (Fsp3) is 0.242. The highest BCUT2D eigenvalue weighted by molar-refractivity contribution is 6.22. The molecule has 1 saturated heterocycles. The summed E-state index contributed by atoms with van der Waals surface area (Å²) in [6, 6.07) is 20.8. The number of rotatable bonds is 6. The molecule has 8 heteroatoms. The predicted octanol–water partition coefficient (Wildman–Crippen LogP) is 5.62. The number of nitrogens with zero attached hydrogens (tertiary/aromatic N) is 2. The van der Waals surface area contributed by atoms with Crippen LogP contribution in [0, 0.1) is 29.5 Å². The number of Topliss-reactive ketones (excluding diaryl/α,β-unsaturated/α-hetero) is 1. The molecule has 3 fully saturated rings. The largest absolute Gasteiger partial charge is 0.454 e. The van der Waals surface area contributed by atoms with E-state index in [1.165, 1.54) is 29.2 Å². The van der Waals surface area contributed by atoms with Gasteiger partial charge in [0.25, 0.3) is 0 Å². The molecule has 0 N–H and O–H groups in total. The molecule has 2 aliphatic carbocycles. The van der Waals surface area contributed by atoms with Crippen LogP contribution >= 0.6 is 0 Å². The van der Waals surface area contributed by atoms with Crippen LogP contribution in [0.25, 0.3) is 22.2 Å². The first-order chi connectivity index (χ1) is 19.9. The molecule has 4 atom stereocenters. The molecule has 2 amide bonds. The molecule has 41 heavy (non-hydrogen) atoms. The number of benzene rings is 3. The maximum Gasteiger partial charge on any atom is 0.339 e. The van der Waals surface area contributed by atoms with Gasteiger partial charge in [-0.15, -0.1) is 0 Å². The fourth-order valence-corrected chi connectivity index (χ4v) is 6.86. The number of anilines is 1. The minimum atomic E-state index is -0.689. The molecule has 4 aromatic rings. The van der Waals surface area contributed by atoms with Gasteiger partial charge in [0.2, 0.25) is 11.8 Å². The Balaban J connectivity index is 1.14. The zero-order chi connectivity index (χ0) is 28.2. The Kier molecular flexibility index (Phi) is 5.99. The highest BCUT2D eigenvalue weighted by atomic mass is 19.1. The lowest BCUT2D eigenvalue weighted by atomic mass is 9.81. The molecule has 0 unspecified atom stereocenters. The first kappa shape index (κ1) is 25.3. The van der Waals surface area contributed by atoms with Gasteiger partial charge in [-0.2, -0.15) is 0 Å². The number of imide groups is 1. The van der Waals surface area contributed by atoms with Crippen LogP contribution in [0.3, 0.4) is 0 Å². The number of halogens is 1. The van der Waals surface area contributed by atoms with Gasteiger partial charge in [0, 0.05) is 16.5 Å². The summed E-state index contributed by atoms with van der Waals surface area (Å²) in [6.07, 6.45) is 3.03. The number of carbonyl (C=O) groups is 4. The van der Waals surface area contributed by atoms with Gasteiger partial charge in [0.15, 0.2) is 12.4 Å². The SMILES string of the molecule is O=C(COC(=O)c1cc(-c2ccc(N3C(=O)[C@@H]4[C@H]5CC[C@@H](C5)[C@@H]4C3=O)cc2)nc2ccccc12)c1ccc(F)cc1. The molecule has 3 aliphatic rings. The van der Waals surface area contributed by atoms with Gasteiger partial charge < -0.3 is 4.74 Å². The van der Waals surface area contributed by atoms with Crippen molar-refractivity contribution >= 4 is 40.2 Å². The lowest BCUT2D eigenvalue weighted by Gasteiger charge is -2.19. The van der Waals surface area contributed by atoms with Crippen LogP contribution in [-0.2, 0) is 14.3 Å². The highest BCUT2D eigenvalue weighted by Crippen LogP contribution is 2.56. The summed E-state index contributed by atoms with van der Waals surface area (Å²) in [5.74, 6) is -1.53. The molecule has 0 radical (unpaired) electrons. The summed E-state index contributed by atoms with van der Waals surface area (Å²) < 4.78 is 18.5. The van der Waals surface area contributed by atoms with E-state index in [1.54, 1.807) is 48.5 Å². The minimum absolute atomic E-state index is 0.0935. The van der Waals surface area contributed by atoms with Crippen LogP contribution in [0.4, 0.5) is 10.1 Å². The third-order valence-corrected chi connectivity index (χ3v) is 8.79. The number of amides is 2. The van der Waals surface area contributed by atoms with E-state index >= 15 is 0 Å². The van der Waals surface area contributed by atoms with Crippen molar-refractivity contribution in [3.05, 3.63) is 95.8 Å². The van der Waals surface area contributed by atoms with Crippen molar-refractivity contribution in [2.45, 2.75) is 19.3 Å². The van der Waals surface area contributed by atoms with E-state index < -0.39 is 24.2 Å². The molecule has 204 valence electrons. The van der Waals surface area contributed by atoms with Crippen LogP contribution in [0.5, 0.6) is 0 Å². The van der Waals surface area contributed by atoms with Gasteiger partial charge in [0.1, 0.15) is 5.82 Å². The quantitative estimate of drug-likeness (QED) is 0.177. The number of carbonyl (C=O) groups excluding carboxylic acids is 4. The molecule has 0 spiro atoms.